The van der Waals surface area contributed by atoms with E-state index in [1.807, 2.05) is 4.57 Å². The molecular weight excluding hydrogens is 472 g/mol. The van der Waals surface area contributed by atoms with Crippen molar-refractivity contribution in [2.75, 3.05) is 0 Å². The zero-order chi connectivity index (χ0) is 21.4. The molecule has 2 aromatic rings. The fraction of sp³-hybridized carbons (Fsp3) is 0.545. The molecule has 162 valence electrons. The summed E-state index contributed by atoms with van der Waals surface area (Å²) >= 11 is 8.56. The number of hydrogen-bond acceptors (Lipinski definition) is 2. The Hall–Kier alpha value is -1.54. The lowest BCUT2D eigenvalue weighted by molar-refractivity contribution is -0.121. The van der Waals surface area contributed by atoms with Crippen LogP contribution in [0.3, 0.4) is 0 Å². The van der Waals surface area contributed by atoms with Crippen molar-refractivity contribution in [1.82, 2.24) is 14.9 Å². The number of hydrogen-bond donors (Lipinski definition) is 2. The molecule has 1 unspecified atom stereocenters. The lowest BCUT2D eigenvalue weighted by Gasteiger charge is -2.28. The van der Waals surface area contributed by atoms with E-state index in [-0.39, 0.29) is 34.3 Å². The minimum atomic E-state index is -0.568. The third kappa shape index (κ3) is 4.26. The molecule has 1 aromatic heterocycles. The Bertz CT molecular complexity index is 1010. The van der Waals surface area contributed by atoms with E-state index in [9.17, 15) is 13.6 Å². The van der Waals surface area contributed by atoms with Crippen molar-refractivity contribution in [3.8, 4) is 0 Å². The molecule has 0 saturated heterocycles. The van der Waals surface area contributed by atoms with Crippen LogP contribution in [-0.2, 0) is 24.2 Å². The predicted molar refractivity (Wildman–Crippen MR) is 118 cm³/mol. The molecule has 2 heterocycles. The molecule has 1 saturated carbocycles. The first-order chi connectivity index (χ1) is 14.3. The van der Waals surface area contributed by atoms with Crippen molar-refractivity contribution < 1.29 is 13.6 Å². The van der Waals surface area contributed by atoms with E-state index < -0.39 is 11.6 Å². The van der Waals surface area contributed by atoms with Gasteiger partial charge in [0.15, 0.2) is 4.77 Å². The van der Waals surface area contributed by atoms with Crippen LogP contribution in [0.2, 0.25) is 0 Å². The number of carbonyl (C=O) groups is 1. The standard InChI is InChI=1S/C22H26BrF2N3OS/c1-12(13-5-3-2-4-6-13)26-19(29)10-17-18-9-14(11-28(18)22(30)27-17)20-16(24)8-7-15(23)21(20)25/h7-8,12-14H,2-6,9-11H2,1H3,(H,26,29)(H,27,30)/t12-,14?/m1/s1. The second-order valence-electron chi connectivity index (χ2n) is 8.55. The average Bonchev–Trinajstić information content (AvgIpc) is 3.27. The molecule has 0 radical (unpaired) electrons. The Morgan fingerprint density at radius 1 is 1.33 bits per heavy atom. The van der Waals surface area contributed by atoms with Crippen molar-refractivity contribution in [2.45, 2.75) is 70.4 Å². The Morgan fingerprint density at radius 3 is 2.80 bits per heavy atom. The van der Waals surface area contributed by atoms with Crippen molar-refractivity contribution in [3.05, 3.63) is 50.0 Å². The molecule has 1 amide bonds. The normalized spacial score (nSPS) is 20.2. The number of aromatic amines is 1. The van der Waals surface area contributed by atoms with Gasteiger partial charge in [0.05, 0.1) is 10.9 Å². The summed E-state index contributed by atoms with van der Waals surface area (Å²) in [6.45, 7) is 2.48. The van der Waals surface area contributed by atoms with E-state index in [0.717, 1.165) is 24.2 Å². The number of imidazole rings is 1. The molecule has 1 aromatic carbocycles. The summed E-state index contributed by atoms with van der Waals surface area (Å²) in [6, 6.07) is 2.80. The van der Waals surface area contributed by atoms with E-state index in [1.54, 1.807) is 0 Å². The largest absolute Gasteiger partial charge is 0.353 e. The zero-order valence-electron chi connectivity index (χ0n) is 16.9. The minimum Gasteiger partial charge on any atom is -0.353 e. The highest BCUT2D eigenvalue weighted by Crippen LogP contribution is 2.36. The van der Waals surface area contributed by atoms with Crippen LogP contribution >= 0.6 is 28.1 Å². The first-order valence-electron chi connectivity index (χ1n) is 10.6. The third-order valence-electron chi connectivity index (χ3n) is 6.59. The van der Waals surface area contributed by atoms with Crippen LogP contribution in [0.1, 0.15) is 61.9 Å². The summed E-state index contributed by atoms with van der Waals surface area (Å²) in [4.78, 5) is 15.8. The number of carbonyl (C=O) groups excluding carboxylic acids is 1. The van der Waals surface area contributed by atoms with Gasteiger partial charge >= 0.3 is 0 Å². The molecule has 4 nitrogen and oxygen atoms in total. The molecular formula is C22H26BrF2N3OS. The maximum atomic E-state index is 14.6. The van der Waals surface area contributed by atoms with Crippen molar-refractivity contribution >= 4 is 34.1 Å². The highest BCUT2D eigenvalue weighted by molar-refractivity contribution is 9.10. The summed E-state index contributed by atoms with van der Waals surface area (Å²) in [6.07, 6.45) is 6.71. The number of H-pyrrole nitrogens is 1. The summed E-state index contributed by atoms with van der Waals surface area (Å²) in [5, 5.41) is 3.14. The van der Waals surface area contributed by atoms with E-state index in [2.05, 4.69) is 33.2 Å². The number of halogens is 3. The first kappa shape index (κ1) is 21.7. The SMILES string of the molecule is C[C@@H](NC(=O)Cc1[nH]c(=S)n2c1CC(c1c(F)ccc(Br)c1F)C2)C1CCCCC1. The van der Waals surface area contributed by atoms with Crippen LogP contribution in [0.15, 0.2) is 16.6 Å². The summed E-state index contributed by atoms with van der Waals surface area (Å²) in [5.41, 5.74) is 1.68. The van der Waals surface area contributed by atoms with Gasteiger partial charge in [0.2, 0.25) is 5.91 Å². The second-order valence-corrected chi connectivity index (χ2v) is 9.80. The lowest BCUT2D eigenvalue weighted by atomic mass is 9.84. The van der Waals surface area contributed by atoms with Gasteiger partial charge in [-0.3, -0.25) is 4.79 Å². The van der Waals surface area contributed by atoms with Crippen molar-refractivity contribution in [3.63, 3.8) is 0 Å². The van der Waals surface area contributed by atoms with Gasteiger partial charge < -0.3 is 14.9 Å². The number of rotatable bonds is 5. The lowest BCUT2D eigenvalue weighted by Crippen LogP contribution is -2.39. The number of nitrogens with one attached hydrogen (secondary N) is 2. The molecule has 2 atom stereocenters. The van der Waals surface area contributed by atoms with Gasteiger partial charge in [-0.15, -0.1) is 0 Å². The Balaban J connectivity index is 1.48. The maximum Gasteiger partial charge on any atom is 0.226 e. The third-order valence-corrected chi connectivity index (χ3v) is 7.53. The Morgan fingerprint density at radius 2 is 2.07 bits per heavy atom. The van der Waals surface area contributed by atoms with Gasteiger partial charge in [0.1, 0.15) is 11.6 Å². The Labute approximate surface area is 188 Å². The number of aromatic nitrogens is 2. The highest BCUT2D eigenvalue weighted by atomic mass is 79.9. The topological polar surface area (TPSA) is 49.8 Å². The summed E-state index contributed by atoms with van der Waals surface area (Å²) in [7, 11) is 0. The summed E-state index contributed by atoms with van der Waals surface area (Å²) in [5.74, 6) is -0.983. The molecule has 0 bridgehead atoms. The van der Waals surface area contributed by atoms with Crippen LogP contribution < -0.4 is 5.32 Å². The molecule has 30 heavy (non-hydrogen) atoms. The van der Waals surface area contributed by atoms with Crippen molar-refractivity contribution in [1.29, 1.82) is 0 Å². The number of benzene rings is 1. The zero-order valence-corrected chi connectivity index (χ0v) is 19.3. The van der Waals surface area contributed by atoms with Gasteiger partial charge in [0, 0.05) is 35.5 Å². The molecule has 1 fully saturated rings. The predicted octanol–water partition coefficient (Wildman–Crippen LogP) is 5.55. The monoisotopic (exact) mass is 497 g/mol. The molecule has 8 heteroatoms. The second kappa shape index (κ2) is 8.91. The van der Waals surface area contributed by atoms with E-state index >= 15 is 0 Å². The number of amides is 1. The number of fused-ring (bicyclic) bond motifs is 1. The van der Waals surface area contributed by atoms with Crippen LogP contribution in [0.4, 0.5) is 8.78 Å². The van der Waals surface area contributed by atoms with Crippen LogP contribution in [0.25, 0.3) is 0 Å². The van der Waals surface area contributed by atoms with Gasteiger partial charge in [-0.2, -0.15) is 0 Å². The van der Waals surface area contributed by atoms with Gasteiger partial charge in [-0.05, 0) is 72.4 Å². The van der Waals surface area contributed by atoms with E-state index in [1.165, 1.54) is 31.4 Å². The molecule has 0 spiro atoms. The number of nitrogens with zero attached hydrogens (tertiary/aromatic N) is 1. The fourth-order valence-electron chi connectivity index (χ4n) is 4.97. The van der Waals surface area contributed by atoms with E-state index in [0.29, 0.717) is 23.7 Å². The quantitative estimate of drug-likeness (QED) is 0.419. The smallest absolute Gasteiger partial charge is 0.226 e. The maximum absolute atomic E-state index is 14.6. The van der Waals surface area contributed by atoms with Gasteiger partial charge in [0.25, 0.3) is 0 Å². The fourth-order valence-corrected chi connectivity index (χ4v) is 5.63. The molecule has 2 aliphatic rings. The minimum absolute atomic E-state index is 0.0454. The average molecular weight is 498 g/mol. The Kier molecular flexibility index (Phi) is 6.44. The van der Waals surface area contributed by atoms with Crippen molar-refractivity contribution in [2.24, 2.45) is 5.92 Å². The van der Waals surface area contributed by atoms with E-state index in [4.69, 9.17) is 12.2 Å². The molecule has 1 aliphatic heterocycles. The molecule has 2 N–H and O–H groups in total. The van der Waals surface area contributed by atoms with Gasteiger partial charge in [-0.25, -0.2) is 8.78 Å². The molecule has 4 rings (SSSR count). The van der Waals surface area contributed by atoms with Crippen LogP contribution in [0.5, 0.6) is 0 Å². The van der Waals surface area contributed by atoms with Gasteiger partial charge in [-0.1, -0.05) is 19.3 Å². The molecule has 1 aliphatic carbocycles. The van der Waals surface area contributed by atoms with Crippen LogP contribution in [-0.4, -0.2) is 21.5 Å². The highest BCUT2D eigenvalue weighted by Gasteiger charge is 2.32. The summed E-state index contributed by atoms with van der Waals surface area (Å²) < 4.78 is 31.6. The van der Waals surface area contributed by atoms with Crippen LogP contribution in [0, 0.1) is 22.3 Å². The first-order valence-corrected chi connectivity index (χ1v) is 11.8.